The molecule has 202 valence electrons. The van der Waals surface area contributed by atoms with Gasteiger partial charge in [0, 0.05) is 22.9 Å². The number of anilines is 2. The molecule has 14 heteroatoms. The quantitative estimate of drug-likeness (QED) is 0.216. The van der Waals surface area contributed by atoms with Crippen molar-refractivity contribution in [3.63, 3.8) is 0 Å². The Morgan fingerprint density at radius 2 is 1.85 bits per heavy atom. The van der Waals surface area contributed by atoms with Crippen LogP contribution in [0.1, 0.15) is 10.4 Å². The van der Waals surface area contributed by atoms with Crippen molar-refractivity contribution in [2.24, 2.45) is 0 Å². The fourth-order valence-electron chi connectivity index (χ4n) is 3.84. The first-order chi connectivity index (χ1) is 18.7. The van der Waals surface area contributed by atoms with E-state index in [-0.39, 0.29) is 17.1 Å². The molecule has 0 aliphatic carbocycles. The number of methoxy groups -OCH3 is 2. The smallest absolute Gasteiger partial charge is 0.287 e. The second kappa shape index (κ2) is 11.1. The third-order valence-corrected chi connectivity index (χ3v) is 5.60. The first-order valence-electron chi connectivity index (χ1n) is 11.2. The molecule has 2 amide bonds. The van der Waals surface area contributed by atoms with Crippen LogP contribution in [-0.4, -0.2) is 58.6 Å². The molecule has 4 aromatic rings. The highest BCUT2D eigenvalue weighted by Gasteiger charge is 2.26. The van der Waals surface area contributed by atoms with Crippen LogP contribution in [0.15, 0.2) is 55.4 Å². The molecule has 0 saturated carbocycles. The number of ether oxygens (including phenoxy) is 2. The summed E-state index contributed by atoms with van der Waals surface area (Å²) in [5.41, 5.74) is 8.46. The average molecular weight is 541 g/mol. The standard InChI is InChI=1S/C25H22F3N7O4/c1-4-18(36)32-13-6-8-14(17(10-13)39-3)20-19(21-24(29)30-11-31-35(21)34-20)12-5-7-15(16(9-12)38-2)25(37)33-23(28)22(26)27/h4-11,22-23H,1H2,2-3H3,(H,32,36)(H,33,37)(H2,29,30,31). The Kier molecular flexibility index (Phi) is 7.65. The molecule has 1 atom stereocenters. The molecule has 0 fully saturated rings. The Morgan fingerprint density at radius 3 is 2.51 bits per heavy atom. The lowest BCUT2D eigenvalue weighted by atomic mass is 9.97. The number of alkyl halides is 3. The number of aromatic nitrogens is 4. The summed E-state index contributed by atoms with van der Waals surface area (Å²) in [5.74, 6) is -1.10. The number of nitrogen functional groups attached to an aromatic ring is 1. The Bertz CT molecular complexity index is 1580. The molecule has 0 radical (unpaired) electrons. The molecule has 1 unspecified atom stereocenters. The summed E-state index contributed by atoms with van der Waals surface area (Å²) < 4.78 is 50.8. The highest BCUT2D eigenvalue weighted by atomic mass is 19.3. The summed E-state index contributed by atoms with van der Waals surface area (Å²) in [6.07, 6.45) is -3.90. The van der Waals surface area contributed by atoms with Crippen molar-refractivity contribution in [1.82, 2.24) is 25.1 Å². The van der Waals surface area contributed by atoms with E-state index in [1.165, 1.54) is 43.4 Å². The van der Waals surface area contributed by atoms with Gasteiger partial charge in [-0.25, -0.2) is 18.2 Å². The number of rotatable bonds is 9. The van der Waals surface area contributed by atoms with Gasteiger partial charge in [0.25, 0.3) is 12.3 Å². The fraction of sp³-hybridized carbons (Fsp3) is 0.160. The van der Waals surface area contributed by atoms with Crippen LogP contribution in [0.4, 0.5) is 24.7 Å². The lowest BCUT2D eigenvalue weighted by Crippen LogP contribution is -2.36. The number of nitrogens with one attached hydrogen (secondary N) is 2. The predicted molar refractivity (Wildman–Crippen MR) is 136 cm³/mol. The van der Waals surface area contributed by atoms with Gasteiger partial charge in [-0.15, -0.1) is 14.8 Å². The highest BCUT2D eigenvalue weighted by molar-refractivity contribution is 6.02. The SMILES string of the molecule is C=CC(=O)Nc1ccc(-c2nn3ncnc(N)c3c2-c2ccc(C(=O)NC(F)C(F)F)c(OC)c2)c(OC)c1. The van der Waals surface area contributed by atoms with E-state index in [1.807, 2.05) is 0 Å². The Labute approximate surface area is 219 Å². The number of amides is 2. The summed E-state index contributed by atoms with van der Waals surface area (Å²) in [6, 6.07) is 9.11. The summed E-state index contributed by atoms with van der Waals surface area (Å²) in [7, 11) is 2.71. The topological polar surface area (TPSA) is 146 Å². The Morgan fingerprint density at radius 1 is 1.10 bits per heavy atom. The van der Waals surface area contributed by atoms with E-state index in [2.05, 4.69) is 27.1 Å². The minimum atomic E-state index is -3.39. The summed E-state index contributed by atoms with van der Waals surface area (Å²) in [6.45, 7) is 3.43. The molecule has 4 rings (SSSR count). The first kappa shape index (κ1) is 26.9. The van der Waals surface area contributed by atoms with Crippen molar-refractivity contribution in [3.05, 3.63) is 60.9 Å². The van der Waals surface area contributed by atoms with E-state index in [4.69, 9.17) is 15.2 Å². The number of hydrogen-bond donors (Lipinski definition) is 3. The fourth-order valence-corrected chi connectivity index (χ4v) is 3.84. The molecule has 2 heterocycles. The number of nitrogens with zero attached hydrogens (tertiary/aromatic N) is 4. The van der Waals surface area contributed by atoms with Gasteiger partial charge in [-0.3, -0.25) is 9.59 Å². The molecule has 0 aliphatic heterocycles. The Hall–Kier alpha value is -5.14. The van der Waals surface area contributed by atoms with E-state index >= 15 is 0 Å². The van der Waals surface area contributed by atoms with E-state index < -0.39 is 24.5 Å². The second-order valence-corrected chi connectivity index (χ2v) is 7.94. The van der Waals surface area contributed by atoms with Gasteiger partial charge in [0.05, 0.1) is 19.8 Å². The molecule has 0 aliphatic rings. The van der Waals surface area contributed by atoms with Gasteiger partial charge in [-0.1, -0.05) is 12.6 Å². The van der Waals surface area contributed by atoms with Gasteiger partial charge in [0.1, 0.15) is 29.0 Å². The zero-order valence-electron chi connectivity index (χ0n) is 20.6. The second-order valence-electron chi connectivity index (χ2n) is 7.94. The highest BCUT2D eigenvalue weighted by Crippen LogP contribution is 2.42. The molecule has 0 bridgehead atoms. The van der Waals surface area contributed by atoms with Crippen molar-refractivity contribution in [1.29, 1.82) is 0 Å². The normalized spacial score (nSPS) is 11.7. The van der Waals surface area contributed by atoms with Gasteiger partial charge in [0.2, 0.25) is 12.2 Å². The average Bonchev–Trinajstić information content (AvgIpc) is 3.33. The van der Waals surface area contributed by atoms with E-state index in [1.54, 1.807) is 23.5 Å². The number of carbonyl (C=O) groups is 2. The van der Waals surface area contributed by atoms with E-state index in [9.17, 15) is 22.8 Å². The number of hydrogen-bond acceptors (Lipinski definition) is 8. The number of nitrogens with two attached hydrogens (primary N) is 1. The van der Waals surface area contributed by atoms with Gasteiger partial charge in [-0.2, -0.15) is 0 Å². The largest absolute Gasteiger partial charge is 0.496 e. The lowest BCUT2D eigenvalue weighted by Gasteiger charge is -2.14. The molecular formula is C25H22F3N7O4. The van der Waals surface area contributed by atoms with Crippen molar-refractivity contribution < 1.29 is 32.2 Å². The maximum Gasteiger partial charge on any atom is 0.287 e. The third kappa shape index (κ3) is 5.30. The van der Waals surface area contributed by atoms with Gasteiger partial charge < -0.3 is 25.8 Å². The molecule has 4 N–H and O–H groups in total. The molecule has 0 saturated heterocycles. The number of benzene rings is 2. The van der Waals surface area contributed by atoms with Crippen LogP contribution in [0.2, 0.25) is 0 Å². The van der Waals surface area contributed by atoms with Crippen LogP contribution in [0.3, 0.4) is 0 Å². The van der Waals surface area contributed by atoms with Crippen LogP contribution >= 0.6 is 0 Å². The third-order valence-electron chi connectivity index (χ3n) is 5.60. The minimum absolute atomic E-state index is 0.0263. The van der Waals surface area contributed by atoms with E-state index in [0.29, 0.717) is 39.3 Å². The zero-order chi connectivity index (χ0) is 28.3. The number of halogens is 3. The summed E-state index contributed by atoms with van der Waals surface area (Å²) in [4.78, 5) is 28.2. The van der Waals surface area contributed by atoms with Gasteiger partial charge in [0.15, 0.2) is 5.82 Å². The summed E-state index contributed by atoms with van der Waals surface area (Å²) in [5, 5.41) is 12.9. The molecule has 0 spiro atoms. The zero-order valence-corrected chi connectivity index (χ0v) is 20.6. The minimum Gasteiger partial charge on any atom is -0.496 e. The maximum absolute atomic E-state index is 13.4. The van der Waals surface area contributed by atoms with E-state index in [0.717, 1.165) is 6.08 Å². The van der Waals surface area contributed by atoms with Crippen LogP contribution in [0.25, 0.3) is 27.9 Å². The van der Waals surface area contributed by atoms with Gasteiger partial charge >= 0.3 is 0 Å². The van der Waals surface area contributed by atoms with Crippen molar-refractivity contribution >= 4 is 28.8 Å². The maximum atomic E-state index is 13.4. The van der Waals surface area contributed by atoms with Crippen LogP contribution in [0, 0.1) is 0 Å². The van der Waals surface area contributed by atoms with Gasteiger partial charge in [-0.05, 0) is 35.9 Å². The van der Waals surface area contributed by atoms with Crippen LogP contribution < -0.4 is 25.8 Å². The monoisotopic (exact) mass is 541 g/mol. The van der Waals surface area contributed by atoms with Crippen molar-refractivity contribution in [2.45, 2.75) is 12.7 Å². The molecule has 2 aromatic carbocycles. The predicted octanol–water partition coefficient (Wildman–Crippen LogP) is 3.47. The number of carbonyl (C=O) groups excluding carboxylic acids is 2. The van der Waals surface area contributed by atoms with Crippen molar-refractivity contribution in [2.75, 3.05) is 25.3 Å². The van der Waals surface area contributed by atoms with Crippen molar-refractivity contribution in [3.8, 4) is 33.9 Å². The summed E-state index contributed by atoms with van der Waals surface area (Å²) >= 11 is 0. The molecule has 2 aromatic heterocycles. The first-order valence-corrected chi connectivity index (χ1v) is 11.2. The molecular weight excluding hydrogens is 519 g/mol. The van der Waals surface area contributed by atoms with Crippen LogP contribution in [0.5, 0.6) is 11.5 Å². The molecule has 39 heavy (non-hydrogen) atoms. The Balaban J connectivity index is 1.89. The van der Waals surface area contributed by atoms with Crippen LogP contribution in [-0.2, 0) is 4.79 Å². The lowest BCUT2D eigenvalue weighted by molar-refractivity contribution is -0.111. The molecule has 11 nitrogen and oxygen atoms in total. The number of fused-ring (bicyclic) bond motifs is 1.